The van der Waals surface area contributed by atoms with Crippen LogP contribution in [0.1, 0.15) is 47.5 Å². The van der Waals surface area contributed by atoms with Gasteiger partial charge in [0.15, 0.2) is 0 Å². The molecule has 1 heteroatoms. The third kappa shape index (κ3) is 4.18. The molecule has 0 fully saturated rings. The van der Waals surface area contributed by atoms with Gasteiger partial charge >= 0.3 is 0 Å². The Balaban J connectivity index is 4.52. The van der Waals surface area contributed by atoms with E-state index in [1.54, 1.807) is 0 Å². The van der Waals surface area contributed by atoms with E-state index in [-0.39, 0.29) is 5.41 Å². The zero-order valence-corrected chi connectivity index (χ0v) is 8.86. The van der Waals surface area contributed by atoms with Gasteiger partial charge in [0.25, 0.3) is 0 Å². The SMILES string of the molecule is CC/C(C)=C(/C#N)CC(C)(C)C. The Morgan fingerprint density at radius 2 is 1.83 bits per heavy atom. The molecule has 68 valence electrons. The first-order valence-corrected chi connectivity index (χ1v) is 4.49. The third-order valence-corrected chi connectivity index (χ3v) is 1.89. The Kier molecular flexibility index (Phi) is 4.03. The normalized spacial score (nSPS) is 13.7. The van der Waals surface area contributed by atoms with Gasteiger partial charge in [-0.2, -0.15) is 5.26 Å². The van der Waals surface area contributed by atoms with Crippen molar-refractivity contribution in [3.05, 3.63) is 11.1 Å². The van der Waals surface area contributed by atoms with Crippen LogP contribution in [0.15, 0.2) is 11.1 Å². The number of nitrogens with zero attached hydrogens (tertiary/aromatic N) is 1. The van der Waals surface area contributed by atoms with E-state index in [4.69, 9.17) is 5.26 Å². The highest BCUT2D eigenvalue weighted by Gasteiger charge is 2.14. The Labute approximate surface area is 76.1 Å². The highest BCUT2D eigenvalue weighted by molar-refractivity contribution is 5.27. The second-order valence-electron chi connectivity index (χ2n) is 4.46. The Morgan fingerprint density at radius 1 is 1.33 bits per heavy atom. The summed E-state index contributed by atoms with van der Waals surface area (Å²) in [5.74, 6) is 0. The van der Waals surface area contributed by atoms with Crippen LogP contribution in [0.2, 0.25) is 0 Å². The molecule has 0 bridgehead atoms. The molecule has 0 rings (SSSR count). The van der Waals surface area contributed by atoms with E-state index in [2.05, 4.69) is 33.8 Å². The van der Waals surface area contributed by atoms with Crippen LogP contribution in [-0.2, 0) is 0 Å². The molecule has 0 aromatic heterocycles. The van der Waals surface area contributed by atoms with Crippen molar-refractivity contribution < 1.29 is 0 Å². The van der Waals surface area contributed by atoms with Crippen molar-refractivity contribution in [3.8, 4) is 6.07 Å². The van der Waals surface area contributed by atoms with E-state index in [9.17, 15) is 0 Å². The minimum absolute atomic E-state index is 0.224. The lowest BCUT2D eigenvalue weighted by molar-refractivity contribution is 0.412. The number of hydrogen-bond donors (Lipinski definition) is 0. The first-order valence-electron chi connectivity index (χ1n) is 4.49. The summed E-state index contributed by atoms with van der Waals surface area (Å²) in [6.45, 7) is 10.6. The Hall–Kier alpha value is -0.770. The summed E-state index contributed by atoms with van der Waals surface area (Å²) < 4.78 is 0. The van der Waals surface area contributed by atoms with Crippen LogP contribution < -0.4 is 0 Å². The van der Waals surface area contributed by atoms with Crippen LogP contribution in [0.5, 0.6) is 0 Å². The van der Waals surface area contributed by atoms with Gasteiger partial charge in [-0.1, -0.05) is 33.3 Å². The summed E-state index contributed by atoms with van der Waals surface area (Å²) >= 11 is 0. The van der Waals surface area contributed by atoms with Crippen LogP contribution in [0.25, 0.3) is 0 Å². The zero-order valence-electron chi connectivity index (χ0n) is 8.86. The van der Waals surface area contributed by atoms with Gasteiger partial charge in [0.05, 0.1) is 6.07 Å². The van der Waals surface area contributed by atoms with Crippen LogP contribution in [0, 0.1) is 16.7 Å². The minimum atomic E-state index is 0.224. The maximum absolute atomic E-state index is 8.88. The summed E-state index contributed by atoms with van der Waals surface area (Å²) in [7, 11) is 0. The van der Waals surface area contributed by atoms with Crippen LogP contribution in [0.4, 0.5) is 0 Å². The standard InChI is InChI=1S/C11H19N/c1-6-9(2)10(8-12)7-11(3,4)5/h6-7H2,1-5H3/b10-9+. The molecule has 0 spiro atoms. The summed E-state index contributed by atoms with van der Waals surface area (Å²) in [4.78, 5) is 0. The van der Waals surface area contributed by atoms with E-state index < -0.39 is 0 Å². The molecule has 0 aliphatic carbocycles. The molecule has 0 atom stereocenters. The van der Waals surface area contributed by atoms with Gasteiger partial charge in [-0.3, -0.25) is 0 Å². The Bertz CT molecular complexity index is 210. The quantitative estimate of drug-likeness (QED) is 0.573. The Morgan fingerprint density at radius 3 is 2.08 bits per heavy atom. The van der Waals surface area contributed by atoms with Gasteiger partial charge in [0, 0.05) is 5.57 Å². The van der Waals surface area contributed by atoms with E-state index in [1.165, 1.54) is 5.57 Å². The molecule has 0 aromatic carbocycles. The molecule has 0 unspecified atom stereocenters. The summed E-state index contributed by atoms with van der Waals surface area (Å²) in [6, 6.07) is 2.29. The fourth-order valence-corrected chi connectivity index (χ4v) is 1.03. The minimum Gasteiger partial charge on any atom is -0.193 e. The molecule has 12 heavy (non-hydrogen) atoms. The predicted molar refractivity (Wildman–Crippen MR) is 52.7 cm³/mol. The van der Waals surface area contributed by atoms with Gasteiger partial charge in [-0.25, -0.2) is 0 Å². The maximum Gasteiger partial charge on any atom is 0.0946 e. The van der Waals surface area contributed by atoms with E-state index in [0.29, 0.717) is 0 Å². The highest BCUT2D eigenvalue weighted by Crippen LogP contribution is 2.26. The molecule has 0 aromatic rings. The average Bonchev–Trinajstić information content (AvgIpc) is 1.97. The summed E-state index contributed by atoms with van der Waals surface area (Å²) in [6.07, 6.45) is 1.88. The lowest BCUT2D eigenvalue weighted by Crippen LogP contribution is -2.06. The molecule has 0 aliphatic heterocycles. The highest BCUT2D eigenvalue weighted by atomic mass is 14.3. The van der Waals surface area contributed by atoms with Gasteiger partial charge in [-0.05, 0) is 25.2 Å². The van der Waals surface area contributed by atoms with Crippen molar-refractivity contribution in [2.24, 2.45) is 5.41 Å². The van der Waals surface area contributed by atoms with Gasteiger partial charge in [0.1, 0.15) is 0 Å². The predicted octanol–water partition coefficient (Wildman–Crippen LogP) is 3.67. The molecule has 1 nitrogen and oxygen atoms in total. The molecular formula is C11H19N. The number of hydrogen-bond acceptors (Lipinski definition) is 1. The monoisotopic (exact) mass is 165 g/mol. The van der Waals surface area contributed by atoms with Crippen LogP contribution >= 0.6 is 0 Å². The van der Waals surface area contributed by atoms with Crippen molar-refractivity contribution in [1.29, 1.82) is 5.26 Å². The molecule has 0 N–H and O–H groups in total. The molecule has 0 radical (unpaired) electrons. The van der Waals surface area contributed by atoms with Gasteiger partial charge < -0.3 is 0 Å². The maximum atomic E-state index is 8.88. The van der Waals surface area contributed by atoms with Crippen molar-refractivity contribution >= 4 is 0 Å². The van der Waals surface area contributed by atoms with E-state index in [1.807, 2.05) is 6.92 Å². The third-order valence-electron chi connectivity index (χ3n) is 1.89. The van der Waals surface area contributed by atoms with Crippen LogP contribution in [0.3, 0.4) is 0 Å². The van der Waals surface area contributed by atoms with Crippen molar-refractivity contribution in [2.75, 3.05) is 0 Å². The lowest BCUT2D eigenvalue weighted by Gasteiger charge is -2.18. The van der Waals surface area contributed by atoms with Crippen molar-refractivity contribution in [2.45, 2.75) is 47.5 Å². The van der Waals surface area contributed by atoms with E-state index in [0.717, 1.165) is 18.4 Å². The van der Waals surface area contributed by atoms with Crippen LogP contribution in [-0.4, -0.2) is 0 Å². The van der Waals surface area contributed by atoms with Gasteiger partial charge in [0.2, 0.25) is 0 Å². The fourth-order valence-electron chi connectivity index (χ4n) is 1.03. The van der Waals surface area contributed by atoms with Crippen molar-refractivity contribution in [1.82, 2.24) is 0 Å². The first kappa shape index (κ1) is 11.2. The number of allylic oxidation sites excluding steroid dienone is 2. The summed E-state index contributed by atoms with van der Waals surface area (Å²) in [5, 5.41) is 8.88. The fraction of sp³-hybridized carbons (Fsp3) is 0.727. The molecule has 0 saturated heterocycles. The first-order chi connectivity index (χ1) is 5.40. The zero-order chi connectivity index (χ0) is 9.78. The smallest absolute Gasteiger partial charge is 0.0946 e. The average molecular weight is 165 g/mol. The number of nitriles is 1. The molecule has 0 heterocycles. The largest absolute Gasteiger partial charge is 0.193 e. The van der Waals surface area contributed by atoms with E-state index >= 15 is 0 Å². The summed E-state index contributed by atoms with van der Waals surface area (Å²) in [5.41, 5.74) is 2.42. The molecule has 0 amide bonds. The lowest BCUT2D eigenvalue weighted by atomic mass is 9.86. The molecular weight excluding hydrogens is 146 g/mol. The second kappa shape index (κ2) is 4.30. The molecule has 0 aliphatic rings. The number of rotatable bonds is 2. The van der Waals surface area contributed by atoms with Crippen molar-refractivity contribution in [3.63, 3.8) is 0 Å². The topological polar surface area (TPSA) is 23.8 Å². The molecule has 0 saturated carbocycles. The second-order valence-corrected chi connectivity index (χ2v) is 4.46. The van der Waals surface area contributed by atoms with Gasteiger partial charge in [-0.15, -0.1) is 0 Å².